The molecule has 4 heteroatoms. The van der Waals surface area contributed by atoms with Crippen LogP contribution in [0.25, 0.3) is 0 Å². The number of nitrogens with zero attached hydrogens (tertiary/aromatic N) is 1. The molecule has 0 aliphatic carbocycles. The molecular weight excluding hydrogens is 305 g/mol. The van der Waals surface area contributed by atoms with E-state index in [1.54, 1.807) is 13.3 Å². The predicted molar refractivity (Wildman–Crippen MR) is 66.3 cm³/mol. The second kappa shape index (κ2) is 5.12. The molecule has 3 nitrogen and oxygen atoms in total. The molecule has 0 bridgehead atoms. The third-order valence-electron chi connectivity index (χ3n) is 2.69. The second-order valence-corrected chi connectivity index (χ2v) is 4.79. The highest BCUT2D eigenvalue weighted by Crippen LogP contribution is 2.30. The van der Waals surface area contributed by atoms with E-state index in [0.29, 0.717) is 5.92 Å². The van der Waals surface area contributed by atoms with Crippen LogP contribution in [0.2, 0.25) is 0 Å². The van der Waals surface area contributed by atoms with E-state index in [1.807, 2.05) is 6.07 Å². The van der Waals surface area contributed by atoms with Crippen LogP contribution in [0.5, 0.6) is 5.75 Å². The van der Waals surface area contributed by atoms with Crippen molar-refractivity contribution in [2.24, 2.45) is 0 Å². The van der Waals surface area contributed by atoms with Crippen LogP contribution in [0.4, 0.5) is 0 Å². The van der Waals surface area contributed by atoms with Crippen LogP contribution in [-0.4, -0.2) is 25.3 Å². The molecule has 1 aromatic rings. The van der Waals surface area contributed by atoms with Gasteiger partial charge in [0, 0.05) is 22.7 Å². The standard InChI is InChI=1S/C11H14INO2/c1-14-9-6-10(12)11(13-7-9)8-2-4-15-5-3-8/h6-8H,2-5H2,1H3. The third-order valence-corrected chi connectivity index (χ3v) is 3.55. The number of aromatic nitrogens is 1. The second-order valence-electron chi connectivity index (χ2n) is 3.63. The van der Waals surface area contributed by atoms with E-state index in [0.717, 1.165) is 31.8 Å². The van der Waals surface area contributed by atoms with Crippen LogP contribution in [-0.2, 0) is 4.74 Å². The van der Waals surface area contributed by atoms with Gasteiger partial charge >= 0.3 is 0 Å². The average Bonchev–Trinajstić information content (AvgIpc) is 2.30. The Hall–Kier alpha value is -0.360. The number of ether oxygens (including phenoxy) is 2. The van der Waals surface area contributed by atoms with Crippen LogP contribution < -0.4 is 4.74 Å². The first-order valence-corrected chi connectivity index (χ1v) is 6.16. The molecule has 1 aliphatic heterocycles. The minimum Gasteiger partial charge on any atom is -0.495 e. The summed E-state index contributed by atoms with van der Waals surface area (Å²) < 4.78 is 11.7. The van der Waals surface area contributed by atoms with Gasteiger partial charge in [-0.3, -0.25) is 4.98 Å². The molecular formula is C11H14INO2. The van der Waals surface area contributed by atoms with Gasteiger partial charge in [-0.1, -0.05) is 0 Å². The Bertz CT molecular complexity index is 337. The molecule has 0 saturated carbocycles. The first-order valence-electron chi connectivity index (χ1n) is 5.08. The molecule has 2 rings (SSSR count). The van der Waals surface area contributed by atoms with Crippen LogP contribution >= 0.6 is 22.6 Å². The average molecular weight is 319 g/mol. The lowest BCUT2D eigenvalue weighted by Gasteiger charge is -2.22. The van der Waals surface area contributed by atoms with Crippen molar-refractivity contribution in [3.63, 3.8) is 0 Å². The lowest BCUT2D eigenvalue weighted by Crippen LogP contribution is -2.16. The van der Waals surface area contributed by atoms with Crippen LogP contribution in [0.1, 0.15) is 24.5 Å². The van der Waals surface area contributed by atoms with Gasteiger partial charge in [-0.2, -0.15) is 0 Å². The van der Waals surface area contributed by atoms with E-state index in [2.05, 4.69) is 27.6 Å². The number of halogens is 1. The van der Waals surface area contributed by atoms with E-state index >= 15 is 0 Å². The van der Waals surface area contributed by atoms with Crippen molar-refractivity contribution < 1.29 is 9.47 Å². The first-order chi connectivity index (χ1) is 7.31. The number of pyridine rings is 1. The van der Waals surface area contributed by atoms with Crippen molar-refractivity contribution >= 4 is 22.6 Å². The highest BCUT2D eigenvalue weighted by molar-refractivity contribution is 14.1. The van der Waals surface area contributed by atoms with E-state index in [-0.39, 0.29) is 0 Å². The summed E-state index contributed by atoms with van der Waals surface area (Å²) in [6, 6.07) is 2.04. The summed E-state index contributed by atoms with van der Waals surface area (Å²) in [5.41, 5.74) is 1.19. The molecule has 82 valence electrons. The van der Waals surface area contributed by atoms with Gasteiger partial charge in [-0.15, -0.1) is 0 Å². The van der Waals surface area contributed by atoms with Crippen molar-refractivity contribution in [2.75, 3.05) is 20.3 Å². The lowest BCUT2D eigenvalue weighted by molar-refractivity contribution is 0.0843. The molecule has 0 radical (unpaired) electrons. The quantitative estimate of drug-likeness (QED) is 0.785. The Balaban J connectivity index is 2.19. The van der Waals surface area contributed by atoms with Crippen LogP contribution in [0.15, 0.2) is 12.3 Å². The molecule has 0 unspecified atom stereocenters. The Morgan fingerprint density at radius 2 is 2.20 bits per heavy atom. The molecule has 0 amide bonds. The molecule has 1 aromatic heterocycles. The maximum absolute atomic E-state index is 5.35. The molecule has 1 saturated heterocycles. The maximum Gasteiger partial charge on any atom is 0.138 e. The van der Waals surface area contributed by atoms with E-state index < -0.39 is 0 Å². The molecule has 15 heavy (non-hydrogen) atoms. The zero-order valence-electron chi connectivity index (χ0n) is 8.70. The fraction of sp³-hybridized carbons (Fsp3) is 0.545. The highest BCUT2D eigenvalue weighted by atomic mass is 127. The summed E-state index contributed by atoms with van der Waals surface area (Å²) in [5.74, 6) is 1.38. The van der Waals surface area contributed by atoms with Gasteiger partial charge in [0.15, 0.2) is 0 Å². The van der Waals surface area contributed by atoms with Crippen molar-refractivity contribution in [1.29, 1.82) is 0 Å². The Morgan fingerprint density at radius 3 is 2.80 bits per heavy atom. The summed E-state index contributed by atoms with van der Waals surface area (Å²) in [6.45, 7) is 1.71. The fourth-order valence-electron chi connectivity index (χ4n) is 1.81. The largest absolute Gasteiger partial charge is 0.495 e. The van der Waals surface area contributed by atoms with E-state index in [9.17, 15) is 0 Å². The summed E-state index contributed by atoms with van der Waals surface area (Å²) in [7, 11) is 1.67. The zero-order chi connectivity index (χ0) is 10.7. The van der Waals surface area contributed by atoms with Gasteiger partial charge in [-0.05, 0) is 41.5 Å². The number of hydrogen-bond donors (Lipinski definition) is 0. The van der Waals surface area contributed by atoms with Crippen LogP contribution in [0, 0.1) is 3.57 Å². The molecule has 2 heterocycles. The SMILES string of the molecule is COc1cnc(C2CCOCC2)c(I)c1. The topological polar surface area (TPSA) is 31.4 Å². The maximum atomic E-state index is 5.35. The van der Waals surface area contributed by atoms with Gasteiger partial charge in [0.1, 0.15) is 5.75 Å². The Kier molecular flexibility index (Phi) is 3.80. The highest BCUT2D eigenvalue weighted by Gasteiger charge is 2.19. The minimum atomic E-state index is 0.552. The molecule has 1 fully saturated rings. The number of methoxy groups -OCH3 is 1. The predicted octanol–water partition coefficient (Wildman–Crippen LogP) is 2.59. The zero-order valence-corrected chi connectivity index (χ0v) is 10.9. The summed E-state index contributed by atoms with van der Waals surface area (Å²) in [6.07, 6.45) is 3.96. The fourth-order valence-corrected chi connectivity index (χ4v) is 2.70. The first kappa shape index (κ1) is 11.1. The number of rotatable bonds is 2. The normalized spacial score (nSPS) is 17.7. The molecule has 0 atom stereocenters. The number of hydrogen-bond acceptors (Lipinski definition) is 3. The monoisotopic (exact) mass is 319 g/mol. The summed E-state index contributed by atoms with van der Waals surface area (Å²) in [4.78, 5) is 4.48. The van der Waals surface area contributed by atoms with Crippen molar-refractivity contribution in [3.05, 3.63) is 21.5 Å². The third kappa shape index (κ3) is 2.60. The van der Waals surface area contributed by atoms with Crippen molar-refractivity contribution in [1.82, 2.24) is 4.98 Å². The van der Waals surface area contributed by atoms with E-state index in [4.69, 9.17) is 9.47 Å². The molecule has 0 aromatic carbocycles. The summed E-state index contributed by atoms with van der Waals surface area (Å²) in [5, 5.41) is 0. The van der Waals surface area contributed by atoms with Crippen LogP contribution in [0.3, 0.4) is 0 Å². The van der Waals surface area contributed by atoms with Gasteiger partial charge in [-0.25, -0.2) is 0 Å². The van der Waals surface area contributed by atoms with Crippen molar-refractivity contribution in [3.8, 4) is 5.75 Å². The molecule has 1 aliphatic rings. The van der Waals surface area contributed by atoms with Gasteiger partial charge in [0.2, 0.25) is 0 Å². The van der Waals surface area contributed by atoms with Gasteiger partial charge in [0.25, 0.3) is 0 Å². The smallest absolute Gasteiger partial charge is 0.138 e. The summed E-state index contributed by atoms with van der Waals surface area (Å²) >= 11 is 2.33. The molecule has 0 N–H and O–H groups in total. The van der Waals surface area contributed by atoms with Gasteiger partial charge < -0.3 is 9.47 Å². The van der Waals surface area contributed by atoms with E-state index in [1.165, 1.54) is 9.26 Å². The van der Waals surface area contributed by atoms with Crippen molar-refractivity contribution in [2.45, 2.75) is 18.8 Å². The molecule has 0 spiro atoms. The lowest BCUT2D eigenvalue weighted by atomic mass is 9.96. The van der Waals surface area contributed by atoms with Gasteiger partial charge in [0.05, 0.1) is 19.0 Å². The Morgan fingerprint density at radius 1 is 1.47 bits per heavy atom. The Labute approximate surface area is 103 Å². The minimum absolute atomic E-state index is 0.552.